The Morgan fingerprint density at radius 1 is 1.00 bits per heavy atom. The smallest absolute Gasteiger partial charge is 0.219 e. The molecule has 0 fully saturated rings. The number of aromatic nitrogens is 1. The molecule has 0 radical (unpaired) electrons. The summed E-state index contributed by atoms with van der Waals surface area (Å²) < 4.78 is 54.8. The maximum Gasteiger partial charge on any atom is 0.250 e. The summed E-state index contributed by atoms with van der Waals surface area (Å²) >= 11 is 0. The number of benzene rings is 1. The topological polar surface area (TPSA) is 12.9 Å². The molecule has 0 saturated heterocycles. The van der Waals surface area contributed by atoms with E-state index in [0.717, 1.165) is 6.07 Å². The van der Waals surface area contributed by atoms with E-state index in [4.69, 9.17) is 0 Å². The fourth-order valence-corrected chi connectivity index (χ4v) is 2.11. The highest BCUT2D eigenvalue weighted by Gasteiger charge is 2.23. The van der Waals surface area contributed by atoms with E-state index in [-0.39, 0.29) is 17.2 Å². The standard InChI is InChI=1S/C15H13F4N/c1-7(2)10-5-4-9(16)6-11(10)12-13(17)8(3)20-15(19)14(12)18/h4-7H,1-3H3. The molecule has 0 unspecified atom stereocenters. The summed E-state index contributed by atoms with van der Waals surface area (Å²) in [6.45, 7) is 4.84. The maximum absolute atomic E-state index is 14.1. The molecule has 106 valence electrons. The average molecular weight is 283 g/mol. The predicted molar refractivity (Wildman–Crippen MR) is 68.3 cm³/mol. The Morgan fingerprint density at radius 2 is 1.65 bits per heavy atom. The van der Waals surface area contributed by atoms with Crippen molar-refractivity contribution < 1.29 is 17.6 Å². The molecule has 2 aromatic rings. The van der Waals surface area contributed by atoms with Crippen LogP contribution in [0.15, 0.2) is 18.2 Å². The van der Waals surface area contributed by atoms with Crippen LogP contribution in [0.2, 0.25) is 0 Å². The molecule has 0 atom stereocenters. The molecule has 1 aromatic carbocycles. The van der Waals surface area contributed by atoms with Crippen LogP contribution in [0.5, 0.6) is 0 Å². The molecule has 0 aliphatic heterocycles. The molecule has 0 amide bonds. The Hall–Kier alpha value is -1.91. The van der Waals surface area contributed by atoms with Gasteiger partial charge in [-0.15, -0.1) is 0 Å². The van der Waals surface area contributed by atoms with E-state index in [1.54, 1.807) is 13.8 Å². The van der Waals surface area contributed by atoms with Gasteiger partial charge in [0.15, 0.2) is 11.6 Å². The second-order valence-corrected chi connectivity index (χ2v) is 4.88. The van der Waals surface area contributed by atoms with Crippen molar-refractivity contribution in [2.75, 3.05) is 0 Å². The largest absolute Gasteiger partial charge is 0.250 e. The minimum Gasteiger partial charge on any atom is -0.219 e. The van der Waals surface area contributed by atoms with Gasteiger partial charge in [0.05, 0.1) is 11.3 Å². The van der Waals surface area contributed by atoms with E-state index in [1.165, 1.54) is 19.1 Å². The zero-order valence-electron chi connectivity index (χ0n) is 11.3. The van der Waals surface area contributed by atoms with Gasteiger partial charge in [-0.05, 0) is 36.1 Å². The van der Waals surface area contributed by atoms with Gasteiger partial charge in [0.2, 0.25) is 5.95 Å². The van der Waals surface area contributed by atoms with Crippen LogP contribution in [-0.2, 0) is 0 Å². The highest BCUT2D eigenvalue weighted by molar-refractivity contribution is 5.69. The van der Waals surface area contributed by atoms with Crippen molar-refractivity contribution in [3.8, 4) is 11.1 Å². The lowest BCUT2D eigenvalue weighted by Gasteiger charge is -2.15. The van der Waals surface area contributed by atoms with Crippen molar-refractivity contribution in [1.29, 1.82) is 0 Å². The first-order valence-electron chi connectivity index (χ1n) is 6.13. The Bertz CT molecular complexity index is 639. The number of rotatable bonds is 2. The third kappa shape index (κ3) is 2.40. The van der Waals surface area contributed by atoms with E-state index in [9.17, 15) is 17.6 Å². The van der Waals surface area contributed by atoms with E-state index in [1.807, 2.05) is 0 Å². The van der Waals surface area contributed by atoms with Gasteiger partial charge in [0.25, 0.3) is 0 Å². The summed E-state index contributed by atoms with van der Waals surface area (Å²) in [4.78, 5) is 3.15. The zero-order chi connectivity index (χ0) is 15.0. The van der Waals surface area contributed by atoms with Crippen molar-refractivity contribution in [2.24, 2.45) is 0 Å². The van der Waals surface area contributed by atoms with Crippen molar-refractivity contribution in [2.45, 2.75) is 26.7 Å². The summed E-state index contributed by atoms with van der Waals surface area (Å²) in [5.74, 6) is -4.51. The Kier molecular flexibility index (Phi) is 3.79. The molecule has 1 aromatic heterocycles. The van der Waals surface area contributed by atoms with Crippen LogP contribution in [0.4, 0.5) is 17.6 Å². The van der Waals surface area contributed by atoms with Gasteiger partial charge in [-0.25, -0.2) is 18.2 Å². The van der Waals surface area contributed by atoms with E-state index in [2.05, 4.69) is 4.98 Å². The molecule has 1 heterocycles. The van der Waals surface area contributed by atoms with E-state index < -0.39 is 29.0 Å². The first kappa shape index (κ1) is 14.5. The minimum atomic E-state index is -1.40. The fraction of sp³-hybridized carbons (Fsp3) is 0.267. The second-order valence-electron chi connectivity index (χ2n) is 4.88. The molecule has 1 nitrogen and oxygen atoms in total. The van der Waals surface area contributed by atoms with Crippen LogP contribution in [0.25, 0.3) is 11.1 Å². The first-order chi connectivity index (χ1) is 9.32. The lowest BCUT2D eigenvalue weighted by Crippen LogP contribution is -2.04. The number of aryl methyl sites for hydroxylation is 1. The quantitative estimate of drug-likeness (QED) is 0.573. The van der Waals surface area contributed by atoms with Crippen LogP contribution in [-0.4, -0.2) is 4.98 Å². The molecule has 5 heteroatoms. The molecule has 0 aliphatic rings. The van der Waals surface area contributed by atoms with Crippen molar-refractivity contribution >= 4 is 0 Å². The summed E-state index contributed by atoms with van der Waals surface area (Å²) in [5, 5.41) is 0. The molecule has 0 N–H and O–H groups in total. The number of nitrogens with zero attached hydrogens (tertiary/aromatic N) is 1. The monoisotopic (exact) mass is 283 g/mol. The van der Waals surface area contributed by atoms with Gasteiger partial charge < -0.3 is 0 Å². The SMILES string of the molecule is Cc1nc(F)c(F)c(-c2cc(F)ccc2C(C)C)c1F. The normalized spacial score (nSPS) is 11.2. The van der Waals surface area contributed by atoms with Crippen LogP contribution in [0.3, 0.4) is 0 Å². The number of pyridine rings is 1. The fourth-order valence-electron chi connectivity index (χ4n) is 2.11. The molecule has 0 bridgehead atoms. The third-order valence-electron chi connectivity index (χ3n) is 3.11. The highest BCUT2D eigenvalue weighted by Crippen LogP contribution is 2.34. The third-order valence-corrected chi connectivity index (χ3v) is 3.11. The number of halogens is 4. The first-order valence-corrected chi connectivity index (χ1v) is 6.13. The van der Waals surface area contributed by atoms with E-state index in [0.29, 0.717) is 5.56 Å². The molecule has 0 saturated carbocycles. The molecule has 0 aliphatic carbocycles. The highest BCUT2D eigenvalue weighted by atomic mass is 19.2. The number of hydrogen-bond acceptors (Lipinski definition) is 1. The van der Waals surface area contributed by atoms with E-state index >= 15 is 0 Å². The molecular formula is C15H13F4N. The zero-order valence-corrected chi connectivity index (χ0v) is 11.3. The van der Waals surface area contributed by atoms with Gasteiger partial charge in [0.1, 0.15) is 5.82 Å². The van der Waals surface area contributed by atoms with Gasteiger partial charge in [-0.3, -0.25) is 0 Å². The molecule has 2 rings (SSSR count). The Balaban J connectivity index is 2.84. The van der Waals surface area contributed by atoms with Crippen molar-refractivity contribution in [3.05, 3.63) is 52.9 Å². The Labute approximate surface area is 114 Å². The molecular weight excluding hydrogens is 270 g/mol. The van der Waals surface area contributed by atoms with Gasteiger partial charge in [0, 0.05) is 0 Å². The number of hydrogen-bond donors (Lipinski definition) is 0. The van der Waals surface area contributed by atoms with Crippen molar-refractivity contribution in [3.63, 3.8) is 0 Å². The lowest BCUT2D eigenvalue weighted by atomic mass is 9.92. The summed E-state index contributed by atoms with van der Waals surface area (Å²) in [5.41, 5.74) is -0.287. The summed E-state index contributed by atoms with van der Waals surface area (Å²) in [6.07, 6.45) is 0. The lowest BCUT2D eigenvalue weighted by molar-refractivity contribution is 0.463. The van der Waals surface area contributed by atoms with Gasteiger partial charge >= 0.3 is 0 Å². The van der Waals surface area contributed by atoms with Crippen molar-refractivity contribution in [1.82, 2.24) is 4.98 Å². The van der Waals surface area contributed by atoms with Gasteiger partial charge in [-0.1, -0.05) is 19.9 Å². The average Bonchev–Trinajstić information content (AvgIpc) is 2.36. The molecule has 20 heavy (non-hydrogen) atoms. The summed E-state index contributed by atoms with van der Waals surface area (Å²) in [7, 11) is 0. The van der Waals surface area contributed by atoms with Gasteiger partial charge in [-0.2, -0.15) is 4.39 Å². The maximum atomic E-state index is 14.1. The Morgan fingerprint density at radius 3 is 2.25 bits per heavy atom. The minimum absolute atomic E-state index is 0.0133. The summed E-state index contributed by atoms with van der Waals surface area (Å²) in [6, 6.07) is 3.66. The van der Waals surface area contributed by atoms with Crippen LogP contribution >= 0.6 is 0 Å². The predicted octanol–water partition coefficient (Wildman–Crippen LogP) is 4.74. The van der Waals surface area contributed by atoms with Crippen LogP contribution < -0.4 is 0 Å². The second kappa shape index (κ2) is 5.23. The van der Waals surface area contributed by atoms with Crippen LogP contribution in [0, 0.1) is 30.3 Å². The molecule has 0 spiro atoms. The van der Waals surface area contributed by atoms with Crippen LogP contribution in [0.1, 0.15) is 31.0 Å².